The van der Waals surface area contributed by atoms with Gasteiger partial charge in [0.25, 0.3) is 0 Å². The molecule has 3 rings (SSSR count). The van der Waals surface area contributed by atoms with Gasteiger partial charge >= 0.3 is 0 Å². The fourth-order valence-corrected chi connectivity index (χ4v) is 2.82. The van der Waals surface area contributed by atoms with Crippen molar-refractivity contribution in [2.75, 3.05) is 0 Å². The smallest absolute Gasteiger partial charge is 0.212 e. The lowest BCUT2D eigenvalue weighted by Gasteiger charge is -2.05. The number of fused-ring (bicyclic) bond motifs is 1. The number of halogens is 1. The summed E-state index contributed by atoms with van der Waals surface area (Å²) in [5.41, 5.74) is 3.78. The number of rotatable bonds is 2. The number of carbonyl (C=O) groups is 1. The molecule has 2 aromatic rings. The molecule has 0 spiro atoms. The number of aryl methyl sites for hydroxylation is 2. The third kappa shape index (κ3) is 1.99. The third-order valence-electron chi connectivity index (χ3n) is 3.33. The maximum Gasteiger partial charge on any atom is 0.212 e. The summed E-state index contributed by atoms with van der Waals surface area (Å²) in [7, 11) is 0. The van der Waals surface area contributed by atoms with E-state index in [2.05, 4.69) is 20.9 Å². The summed E-state index contributed by atoms with van der Waals surface area (Å²) in [5.74, 6) is -0.0165. The van der Waals surface area contributed by atoms with Crippen LogP contribution in [0.15, 0.2) is 41.0 Å². The summed E-state index contributed by atoms with van der Waals surface area (Å²) in [6.07, 6.45) is 5.18. The largest absolute Gasteiger partial charge is 0.287 e. The highest BCUT2D eigenvalue weighted by Crippen LogP contribution is 2.24. The standard InChI is InChI=1S/C15H12BrNO/c16-13-7-2-1-6-12(13)15(18)14-8-10-4-3-5-11(10)9-17-14/h1-2,6-9H,3-5H2. The Kier molecular flexibility index (Phi) is 3.00. The summed E-state index contributed by atoms with van der Waals surface area (Å²) < 4.78 is 0.817. The van der Waals surface area contributed by atoms with Crippen LogP contribution in [0, 0.1) is 0 Å². The van der Waals surface area contributed by atoms with Crippen LogP contribution in [0.2, 0.25) is 0 Å². The van der Waals surface area contributed by atoms with Crippen molar-refractivity contribution in [2.24, 2.45) is 0 Å². The molecular formula is C15H12BrNO. The Hall–Kier alpha value is -1.48. The maximum absolute atomic E-state index is 12.4. The zero-order valence-corrected chi connectivity index (χ0v) is 11.4. The van der Waals surface area contributed by atoms with Crippen LogP contribution in [0.25, 0.3) is 0 Å². The van der Waals surface area contributed by atoms with Gasteiger partial charge in [0.05, 0.1) is 0 Å². The van der Waals surface area contributed by atoms with Crippen LogP contribution in [0.4, 0.5) is 0 Å². The average Bonchev–Trinajstić information content (AvgIpc) is 2.85. The topological polar surface area (TPSA) is 30.0 Å². The molecule has 0 bridgehead atoms. The summed E-state index contributed by atoms with van der Waals surface area (Å²) in [5, 5.41) is 0. The van der Waals surface area contributed by atoms with E-state index in [0.29, 0.717) is 11.3 Å². The minimum atomic E-state index is -0.0165. The molecular weight excluding hydrogens is 290 g/mol. The SMILES string of the molecule is O=C(c1cc2c(cn1)CCC2)c1ccccc1Br. The Morgan fingerprint density at radius 2 is 1.94 bits per heavy atom. The minimum absolute atomic E-state index is 0.0165. The number of carbonyl (C=O) groups excluding carboxylic acids is 1. The van der Waals surface area contributed by atoms with E-state index in [0.717, 1.165) is 17.3 Å². The number of benzene rings is 1. The Morgan fingerprint density at radius 3 is 2.78 bits per heavy atom. The minimum Gasteiger partial charge on any atom is -0.287 e. The predicted molar refractivity (Wildman–Crippen MR) is 73.8 cm³/mol. The predicted octanol–water partition coefficient (Wildman–Crippen LogP) is 3.56. The Labute approximate surface area is 114 Å². The van der Waals surface area contributed by atoms with Gasteiger partial charge in [0, 0.05) is 16.2 Å². The monoisotopic (exact) mass is 301 g/mol. The van der Waals surface area contributed by atoms with E-state index in [9.17, 15) is 4.79 Å². The van der Waals surface area contributed by atoms with E-state index < -0.39 is 0 Å². The first-order chi connectivity index (χ1) is 8.75. The first-order valence-electron chi connectivity index (χ1n) is 6.03. The quantitative estimate of drug-likeness (QED) is 0.794. The molecule has 0 N–H and O–H groups in total. The van der Waals surface area contributed by atoms with Crippen molar-refractivity contribution in [3.8, 4) is 0 Å². The van der Waals surface area contributed by atoms with Crippen LogP contribution in [-0.2, 0) is 12.8 Å². The number of hydrogen-bond acceptors (Lipinski definition) is 2. The second kappa shape index (κ2) is 4.65. The molecule has 0 saturated carbocycles. The molecule has 3 heteroatoms. The molecule has 0 fully saturated rings. The van der Waals surface area contributed by atoms with E-state index in [-0.39, 0.29) is 5.78 Å². The van der Waals surface area contributed by atoms with Gasteiger partial charge in [0.1, 0.15) is 5.69 Å². The third-order valence-corrected chi connectivity index (χ3v) is 4.02. The van der Waals surface area contributed by atoms with Gasteiger partial charge in [-0.15, -0.1) is 0 Å². The van der Waals surface area contributed by atoms with Crippen molar-refractivity contribution in [1.82, 2.24) is 4.98 Å². The highest BCUT2D eigenvalue weighted by Gasteiger charge is 2.17. The van der Waals surface area contributed by atoms with Crippen LogP contribution in [0.1, 0.15) is 33.6 Å². The van der Waals surface area contributed by atoms with Crippen LogP contribution in [0.3, 0.4) is 0 Å². The van der Waals surface area contributed by atoms with Gasteiger partial charge in [0.15, 0.2) is 0 Å². The molecule has 0 aliphatic heterocycles. The molecule has 1 aliphatic rings. The molecule has 90 valence electrons. The number of nitrogens with zero attached hydrogens (tertiary/aromatic N) is 1. The van der Waals surface area contributed by atoms with Gasteiger partial charge in [0.2, 0.25) is 5.78 Å². The van der Waals surface area contributed by atoms with Gasteiger partial charge in [-0.05, 0) is 48.6 Å². The molecule has 2 nitrogen and oxygen atoms in total. The molecule has 1 aromatic heterocycles. The lowest BCUT2D eigenvalue weighted by Crippen LogP contribution is -2.06. The lowest BCUT2D eigenvalue weighted by molar-refractivity contribution is 0.103. The first-order valence-corrected chi connectivity index (χ1v) is 6.82. The van der Waals surface area contributed by atoms with Crippen molar-refractivity contribution in [3.63, 3.8) is 0 Å². The Bertz CT molecular complexity index is 622. The fourth-order valence-electron chi connectivity index (χ4n) is 2.36. The molecule has 1 aromatic carbocycles. The van der Waals surface area contributed by atoms with Crippen molar-refractivity contribution < 1.29 is 4.79 Å². The fraction of sp³-hybridized carbons (Fsp3) is 0.200. The van der Waals surface area contributed by atoms with Gasteiger partial charge in [-0.3, -0.25) is 9.78 Å². The highest BCUT2D eigenvalue weighted by molar-refractivity contribution is 9.10. The lowest BCUT2D eigenvalue weighted by atomic mass is 10.1. The molecule has 0 saturated heterocycles. The molecule has 0 atom stereocenters. The van der Waals surface area contributed by atoms with Gasteiger partial charge in [-0.25, -0.2) is 0 Å². The summed E-state index contributed by atoms with van der Waals surface area (Å²) in [6, 6.07) is 9.41. The molecule has 1 heterocycles. The van der Waals surface area contributed by atoms with E-state index in [1.807, 2.05) is 36.5 Å². The number of aromatic nitrogens is 1. The van der Waals surface area contributed by atoms with Crippen LogP contribution in [-0.4, -0.2) is 10.8 Å². The Morgan fingerprint density at radius 1 is 1.17 bits per heavy atom. The second-order valence-electron chi connectivity index (χ2n) is 4.50. The zero-order chi connectivity index (χ0) is 12.5. The normalized spacial score (nSPS) is 13.4. The van der Waals surface area contributed by atoms with Crippen molar-refractivity contribution in [2.45, 2.75) is 19.3 Å². The van der Waals surface area contributed by atoms with Gasteiger partial charge < -0.3 is 0 Å². The highest BCUT2D eigenvalue weighted by atomic mass is 79.9. The second-order valence-corrected chi connectivity index (χ2v) is 5.36. The number of hydrogen-bond donors (Lipinski definition) is 0. The molecule has 0 amide bonds. The van der Waals surface area contributed by atoms with E-state index in [1.54, 1.807) is 0 Å². The van der Waals surface area contributed by atoms with Gasteiger partial charge in [-0.1, -0.05) is 28.1 Å². The van der Waals surface area contributed by atoms with Crippen LogP contribution >= 0.6 is 15.9 Å². The molecule has 18 heavy (non-hydrogen) atoms. The summed E-state index contributed by atoms with van der Waals surface area (Å²) in [4.78, 5) is 16.7. The van der Waals surface area contributed by atoms with Crippen molar-refractivity contribution >= 4 is 21.7 Å². The molecule has 1 aliphatic carbocycles. The van der Waals surface area contributed by atoms with E-state index >= 15 is 0 Å². The van der Waals surface area contributed by atoms with Gasteiger partial charge in [-0.2, -0.15) is 0 Å². The zero-order valence-electron chi connectivity index (χ0n) is 9.82. The van der Waals surface area contributed by atoms with E-state index in [1.165, 1.54) is 17.5 Å². The van der Waals surface area contributed by atoms with E-state index in [4.69, 9.17) is 0 Å². The van der Waals surface area contributed by atoms with Crippen molar-refractivity contribution in [3.05, 3.63) is 63.4 Å². The molecule has 0 unspecified atom stereocenters. The van der Waals surface area contributed by atoms with Crippen molar-refractivity contribution in [1.29, 1.82) is 0 Å². The average molecular weight is 302 g/mol. The first kappa shape index (κ1) is 11.6. The Balaban J connectivity index is 2.01. The summed E-state index contributed by atoms with van der Waals surface area (Å²) >= 11 is 3.41. The van der Waals surface area contributed by atoms with Crippen LogP contribution in [0.5, 0.6) is 0 Å². The number of pyridine rings is 1. The summed E-state index contributed by atoms with van der Waals surface area (Å²) in [6.45, 7) is 0. The number of ketones is 1. The maximum atomic E-state index is 12.4. The molecule has 0 radical (unpaired) electrons. The van der Waals surface area contributed by atoms with Crippen LogP contribution < -0.4 is 0 Å².